The van der Waals surface area contributed by atoms with Crippen molar-refractivity contribution in [3.05, 3.63) is 58.4 Å². The third-order valence-corrected chi connectivity index (χ3v) is 5.30. The largest absolute Gasteiger partial charge is 0.504 e. The molecule has 28 heavy (non-hydrogen) atoms. The lowest BCUT2D eigenvalue weighted by Crippen LogP contribution is -2.28. The summed E-state index contributed by atoms with van der Waals surface area (Å²) in [7, 11) is -3.92. The molecule has 1 amide bonds. The molecule has 4 N–H and O–H groups in total. The number of sulfonamides is 1. The van der Waals surface area contributed by atoms with E-state index < -0.39 is 27.3 Å². The van der Waals surface area contributed by atoms with E-state index in [0.717, 1.165) is 13.0 Å². The van der Waals surface area contributed by atoms with Crippen molar-refractivity contribution in [2.45, 2.75) is 18.4 Å². The van der Waals surface area contributed by atoms with Crippen LogP contribution in [0, 0.1) is 0 Å². The molecule has 0 radical (unpaired) electrons. The van der Waals surface area contributed by atoms with Gasteiger partial charge in [-0.25, -0.2) is 17.9 Å². The molecule has 0 saturated heterocycles. The van der Waals surface area contributed by atoms with E-state index in [-0.39, 0.29) is 22.8 Å². The number of phenols is 2. The molecule has 0 bridgehead atoms. The molecule has 1 aromatic heterocycles. The highest BCUT2D eigenvalue weighted by molar-refractivity contribution is 7.90. The van der Waals surface area contributed by atoms with E-state index in [0.29, 0.717) is 16.6 Å². The van der Waals surface area contributed by atoms with Crippen LogP contribution >= 0.6 is 0 Å². The van der Waals surface area contributed by atoms with Gasteiger partial charge in [0.05, 0.1) is 4.90 Å². The normalized spacial score (nSPS) is 11.3. The molecule has 10 heteroatoms. The molecule has 1 heterocycles. The first kappa shape index (κ1) is 19.2. The zero-order chi connectivity index (χ0) is 20.5. The van der Waals surface area contributed by atoms with Crippen LogP contribution in [0.3, 0.4) is 0 Å². The fourth-order valence-corrected chi connectivity index (χ4v) is 3.59. The lowest BCUT2D eigenvalue weighted by molar-refractivity contribution is -0.117. The van der Waals surface area contributed by atoms with Crippen LogP contribution in [0.15, 0.2) is 56.6 Å². The molecule has 0 fully saturated rings. The minimum Gasteiger partial charge on any atom is -0.504 e. The molecule has 0 aliphatic rings. The topological polar surface area (TPSA) is 146 Å². The van der Waals surface area contributed by atoms with Gasteiger partial charge in [-0.05, 0) is 35.9 Å². The van der Waals surface area contributed by atoms with Gasteiger partial charge in [-0.15, -0.1) is 0 Å². The minimum atomic E-state index is -3.92. The van der Waals surface area contributed by atoms with Crippen LogP contribution < -0.4 is 15.7 Å². The van der Waals surface area contributed by atoms with Crippen LogP contribution in [-0.2, 0) is 21.4 Å². The highest BCUT2D eigenvalue weighted by Gasteiger charge is 2.15. The number of benzene rings is 2. The number of carbonyl (C=O) groups is 1. The minimum absolute atomic E-state index is 0.0700. The number of carbonyl (C=O) groups excluding carboxylic acids is 1. The summed E-state index contributed by atoms with van der Waals surface area (Å²) in [6, 6.07) is 9.35. The summed E-state index contributed by atoms with van der Waals surface area (Å²) in [6.07, 6.45) is 0. The van der Waals surface area contributed by atoms with Gasteiger partial charge in [0, 0.05) is 36.7 Å². The molecule has 0 saturated carbocycles. The maximum atomic E-state index is 11.9. The third-order valence-electron chi connectivity index (χ3n) is 3.85. The van der Waals surface area contributed by atoms with E-state index in [1.165, 1.54) is 36.4 Å². The predicted octanol–water partition coefficient (Wildman–Crippen LogP) is 1.64. The summed E-state index contributed by atoms with van der Waals surface area (Å²) in [6.45, 7) is 1.27. The fraction of sp³-hybridized carbons (Fsp3) is 0.111. The van der Waals surface area contributed by atoms with Crippen LogP contribution in [0.2, 0.25) is 0 Å². The molecule has 0 unspecified atom stereocenters. The number of hydrogen-bond donors (Lipinski definition) is 4. The first-order valence-electron chi connectivity index (χ1n) is 8.02. The van der Waals surface area contributed by atoms with E-state index in [1.807, 2.05) is 4.72 Å². The van der Waals surface area contributed by atoms with Gasteiger partial charge in [0.15, 0.2) is 11.5 Å². The zero-order valence-electron chi connectivity index (χ0n) is 14.6. The number of hydrogen-bond acceptors (Lipinski definition) is 8. The first-order valence-corrected chi connectivity index (χ1v) is 9.50. The van der Waals surface area contributed by atoms with Crippen molar-refractivity contribution in [3.63, 3.8) is 0 Å². The maximum Gasteiger partial charge on any atom is 0.336 e. The second kappa shape index (κ2) is 7.24. The van der Waals surface area contributed by atoms with Crippen molar-refractivity contribution in [3.8, 4) is 11.5 Å². The summed E-state index contributed by atoms with van der Waals surface area (Å²) >= 11 is 0. The number of aromatic hydroxyl groups is 2. The number of anilines is 1. The van der Waals surface area contributed by atoms with Crippen molar-refractivity contribution in [1.29, 1.82) is 0 Å². The summed E-state index contributed by atoms with van der Waals surface area (Å²) in [5.41, 5.74) is 0.574. The average molecular weight is 404 g/mol. The molecule has 0 atom stereocenters. The summed E-state index contributed by atoms with van der Waals surface area (Å²) < 4.78 is 30.8. The van der Waals surface area contributed by atoms with E-state index in [2.05, 4.69) is 5.32 Å². The van der Waals surface area contributed by atoms with Crippen LogP contribution in [0.1, 0.15) is 12.5 Å². The van der Waals surface area contributed by atoms with Gasteiger partial charge in [0.2, 0.25) is 5.91 Å². The molecule has 146 valence electrons. The Bertz CT molecular complexity index is 1220. The SMILES string of the molecule is CC(=O)NS(=O)(=O)c1ccc(NCc2cc(=O)oc3cc(O)c(O)cc23)cc1. The smallest absolute Gasteiger partial charge is 0.336 e. The Labute approximate surface area is 159 Å². The highest BCUT2D eigenvalue weighted by Crippen LogP contribution is 2.31. The summed E-state index contributed by atoms with van der Waals surface area (Å²) in [4.78, 5) is 22.6. The Morgan fingerprint density at radius 3 is 2.36 bits per heavy atom. The highest BCUT2D eigenvalue weighted by atomic mass is 32.2. The number of fused-ring (bicyclic) bond motifs is 1. The zero-order valence-corrected chi connectivity index (χ0v) is 15.4. The van der Waals surface area contributed by atoms with Crippen LogP contribution in [0.4, 0.5) is 5.69 Å². The van der Waals surface area contributed by atoms with Crippen molar-refractivity contribution >= 4 is 32.6 Å². The van der Waals surface area contributed by atoms with Crippen LogP contribution in [0.25, 0.3) is 11.0 Å². The van der Waals surface area contributed by atoms with E-state index in [1.54, 1.807) is 0 Å². The lowest BCUT2D eigenvalue weighted by atomic mass is 10.1. The Balaban J connectivity index is 1.84. The molecule has 9 nitrogen and oxygen atoms in total. The second-order valence-corrected chi connectivity index (χ2v) is 7.65. The van der Waals surface area contributed by atoms with Gasteiger partial charge in [-0.2, -0.15) is 0 Å². The predicted molar refractivity (Wildman–Crippen MR) is 101 cm³/mol. The quantitative estimate of drug-likeness (QED) is 0.371. The molecular weight excluding hydrogens is 388 g/mol. The van der Waals surface area contributed by atoms with Gasteiger partial charge >= 0.3 is 5.63 Å². The van der Waals surface area contributed by atoms with Gasteiger partial charge in [0.1, 0.15) is 5.58 Å². The molecule has 2 aromatic carbocycles. The molecule has 3 rings (SSSR count). The average Bonchev–Trinajstić information content (AvgIpc) is 2.60. The van der Waals surface area contributed by atoms with E-state index in [9.17, 15) is 28.2 Å². The summed E-state index contributed by atoms with van der Waals surface area (Å²) in [5.74, 6) is -1.45. The van der Waals surface area contributed by atoms with Gasteiger partial charge in [-0.3, -0.25) is 4.79 Å². The van der Waals surface area contributed by atoms with Crippen molar-refractivity contribution < 1.29 is 27.8 Å². The maximum absolute atomic E-state index is 11.9. The molecule has 3 aromatic rings. The molecular formula is C18H16N2O7S. The van der Waals surface area contributed by atoms with Crippen LogP contribution in [-0.4, -0.2) is 24.5 Å². The van der Waals surface area contributed by atoms with Gasteiger partial charge < -0.3 is 19.9 Å². The van der Waals surface area contributed by atoms with E-state index in [4.69, 9.17) is 4.42 Å². The standard InChI is InChI=1S/C18H16N2O7S/c1-10(21)20-28(25,26)13-4-2-12(3-5-13)19-9-11-6-18(24)27-17-8-16(23)15(22)7-14(11)17/h2-8,19,22-23H,9H2,1H3,(H,20,21). The Morgan fingerprint density at radius 2 is 1.71 bits per heavy atom. The van der Waals surface area contributed by atoms with E-state index >= 15 is 0 Å². The third kappa shape index (κ3) is 4.07. The Hall–Kier alpha value is -3.53. The number of amides is 1. The lowest BCUT2D eigenvalue weighted by Gasteiger charge is -2.10. The molecule has 0 aliphatic carbocycles. The van der Waals surface area contributed by atoms with Gasteiger partial charge in [-0.1, -0.05) is 0 Å². The van der Waals surface area contributed by atoms with Gasteiger partial charge in [0.25, 0.3) is 10.0 Å². The van der Waals surface area contributed by atoms with Crippen molar-refractivity contribution in [2.75, 3.05) is 5.32 Å². The fourth-order valence-electron chi connectivity index (χ4n) is 2.59. The molecule has 0 aliphatic heterocycles. The number of rotatable bonds is 5. The summed E-state index contributed by atoms with van der Waals surface area (Å²) in [5, 5.41) is 22.7. The Morgan fingerprint density at radius 1 is 1.07 bits per heavy atom. The van der Waals surface area contributed by atoms with Crippen molar-refractivity contribution in [2.24, 2.45) is 0 Å². The Kier molecular flexibility index (Phi) is 4.97. The molecule has 0 spiro atoms. The van der Waals surface area contributed by atoms with Crippen molar-refractivity contribution in [1.82, 2.24) is 4.72 Å². The van der Waals surface area contributed by atoms with Crippen LogP contribution in [0.5, 0.6) is 11.5 Å². The number of phenolic OH excluding ortho intramolecular Hbond substituents is 2. The second-order valence-electron chi connectivity index (χ2n) is 5.97. The number of nitrogens with one attached hydrogen (secondary N) is 2. The monoisotopic (exact) mass is 404 g/mol. The first-order chi connectivity index (χ1) is 13.2.